The van der Waals surface area contributed by atoms with E-state index in [1.54, 1.807) is 0 Å². The molecule has 0 fully saturated rings. The number of carbonyl (C=O) groups excluding carboxylic acids is 1. The third-order valence-electron chi connectivity index (χ3n) is 3.27. The molecule has 0 aromatic heterocycles. The molecule has 0 atom stereocenters. The zero-order valence-electron chi connectivity index (χ0n) is 12.4. The summed E-state index contributed by atoms with van der Waals surface area (Å²) in [7, 11) is -3.47. The lowest BCUT2D eigenvalue weighted by Gasteiger charge is -2.29. The Balaban J connectivity index is 2.04. The summed E-state index contributed by atoms with van der Waals surface area (Å²) in [5.74, 6) is -2.32. The molecule has 9 heteroatoms. The number of carbonyl (C=O) groups is 1. The van der Waals surface area contributed by atoms with Crippen molar-refractivity contribution < 1.29 is 26.7 Å². The molecule has 24 heavy (non-hydrogen) atoms. The summed E-state index contributed by atoms with van der Waals surface area (Å²) >= 11 is 0. The lowest BCUT2D eigenvalue weighted by molar-refractivity contribution is -0.120. The predicted octanol–water partition coefficient (Wildman–Crippen LogP) is 2.39. The van der Waals surface area contributed by atoms with E-state index < -0.39 is 27.6 Å². The van der Waals surface area contributed by atoms with Gasteiger partial charge >= 0.3 is 0 Å². The van der Waals surface area contributed by atoms with Gasteiger partial charge in [-0.05, 0) is 24.3 Å². The molecule has 0 unspecified atom stereocenters. The highest BCUT2D eigenvalue weighted by Crippen LogP contribution is 2.39. The Morgan fingerprint density at radius 3 is 2.54 bits per heavy atom. The van der Waals surface area contributed by atoms with Gasteiger partial charge in [0.1, 0.15) is 5.75 Å². The number of sulfonamides is 1. The molecule has 2 aromatic carbocycles. The first-order chi connectivity index (χ1) is 11.2. The standard InChI is InChI=1S/C15H12F2N2O4S/c1-24(21,22)18-9-2-5-13-14(6-9)23-8-15(20)19(13)10-3-4-11(16)12(17)7-10/h2-7,18H,8H2,1H3. The number of hydrogen-bond donors (Lipinski definition) is 1. The van der Waals surface area contributed by atoms with E-state index in [9.17, 15) is 22.0 Å². The molecular formula is C15H12F2N2O4S. The van der Waals surface area contributed by atoms with Crippen LogP contribution >= 0.6 is 0 Å². The highest BCUT2D eigenvalue weighted by atomic mass is 32.2. The number of benzene rings is 2. The summed E-state index contributed by atoms with van der Waals surface area (Å²) in [6.07, 6.45) is 1.00. The van der Waals surface area contributed by atoms with Gasteiger partial charge in [-0.2, -0.15) is 0 Å². The molecule has 0 bridgehead atoms. The molecule has 1 aliphatic heterocycles. The number of hydrogen-bond acceptors (Lipinski definition) is 4. The summed E-state index contributed by atoms with van der Waals surface area (Å²) in [6, 6.07) is 7.41. The highest BCUT2D eigenvalue weighted by Gasteiger charge is 2.28. The second-order valence-electron chi connectivity index (χ2n) is 5.17. The second kappa shape index (κ2) is 5.75. The Morgan fingerprint density at radius 2 is 1.88 bits per heavy atom. The van der Waals surface area contributed by atoms with Gasteiger partial charge in [0.2, 0.25) is 10.0 Å². The molecule has 2 aromatic rings. The molecule has 6 nitrogen and oxygen atoms in total. The van der Waals surface area contributed by atoms with Crippen LogP contribution in [0.3, 0.4) is 0 Å². The molecule has 0 radical (unpaired) electrons. The van der Waals surface area contributed by atoms with Crippen LogP contribution in [0, 0.1) is 11.6 Å². The van der Waals surface area contributed by atoms with Crippen LogP contribution in [0.15, 0.2) is 36.4 Å². The molecule has 0 aliphatic carbocycles. The minimum Gasteiger partial charge on any atom is -0.481 e. The molecule has 0 spiro atoms. The number of fused-ring (bicyclic) bond motifs is 1. The summed E-state index contributed by atoms with van der Waals surface area (Å²) in [5.41, 5.74) is 0.708. The molecule has 3 rings (SSSR count). The van der Waals surface area contributed by atoms with Crippen molar-refractivity contribution in [1.82, 2.24) is 0 Å². The molecule has 1 amide bonds. The Bertz CT molecular complexity index is 931. The second-order valence-corrected chi connectivity index (χ2v) is 6.92. The Morgan fingerprint density at radius 1 is 1.12 bits per heavy atom. The van der Waals surface area contributed by atoms with Crippen molar-refractivity contribution in [2.24, 2.45) is 0 Å². The van der Waals surface area contributed by atoms with Crippen LogP contribution in [0.4, 0.5) is 25.8 Å². The number of halogens is 2. The van der Waals surface area contributed by atoms with Gasteiger partial charge in [-0.3, -0.25) is 14.4 Å². The van der Waals surface area contributed by atoms with E-state index >= 15 is 0 Å². The SMILES string of the molecule is CS(=O)(=O)Nc1ccc2c(c1)OCC(=O)N2c1ccc(F)c(F)c1. The summed E-state index contributed by atoms with van der Waals surface area (Å²) < 4.78 is 56.7. The summed E-state index contributed by atoms with van der Waals surface area (Å²) in [4.78, 5) is 13.3. The molecule has 1 aliphatic rings. The van der Waals surface area contributed by atoms with Crippen molar-refractivity contribution in [3.05, 3.63) is 48.0 Å². The van der Waals surface area contributed by atoms with Crippen molar-refractivity contribution in [2.75, 3.05) is 22.5 Å². The van der Waals surface area contributed by atoms with Gasteiger partial charge in [0.05, 0.1) is 23.3 Å². The topological polar surface area (TPSA) is 75.7 Å². The molecule has 1 N–H and O–H groups in total. The van der Waals surface area contributed by atoms with Gasteiger partial charge in [-0.15, -0.1) is 0 Å². The molecule has 0 saturated heterocycles. The average Bonchev–Trinajstić information content (AvgIpc) is 2.49. The summed E-state index contributed by atoms with van der Waals surface area (Å²) in [6.45, 7) is -0.311. The van der Waals surface area contributed by atoms with Gasteiger partial charge in [0, 0.05) is 12.1 Å². The fourth-order valence-electron chi connectivity index (χ4n) is 2.34. The smallest absolute Gasteiger partial charge is 0.269 e. The zero-order valence-corrected chi connectivity index (χ0v) is 13.2. The molecule has 126 valence electrons. The van der Waals surface area contributed by atoms with E-state index in [0.29, 0.717) is 5.69 Å². The van der Waals surface area contributed by atoms with Gasteiger partial charge < -0.3 is 4.74 Å². The highest BCUT2D eigenvalue weighted by molar-refractivity contribution is 7.92. The fraction of sp³-hybridized carbons (Fsp3) is 0.133. The van der Waals surface area contributed by atoms with E-state index in [0.717, 1.165) is 18.4 Å². The van der Waals surface area contributed by atoms with E-state index in [4.69, 9.17) is 4.74 Å². The Hall–Kier alpha value is -2.68. The normalized spacial score (nSPS) is 14.1. The Kier molecular flexibility index (Phi) is 3.88. The van der Waals surface area contributed by atoms with Crippen LogP contribution in [0.25, 0.3) is 0 Å². The minimum absolute atomic E-state index is 0.146. The zero-order chi connectivity index (χ0) is 17.5. The van der Waals surface area contributed by atoms with Gasteiger partial charge in [-0.25, -0.2) is 17.2 Å². The van der Waals surface area contributed by atoms with E-state index in [-0.39, 0.29) is 23.7 Å². The first-order valence-corrected chi connectivity index (χ1v) is 8.66. The van der Waals surface area contributed by atoms with Crippen molar-refractivity contribution in [1.29, 1.82) is 0 Å². The number of rotatable bonds is 3. The minimum atomic E-state index is -3.47. The number of nitrogens with zero attached hydrogens (tertiary/aromatic N) is 1. The van der Waals surface area contributed by atoms with Crippen LogP contribution < -0.4 is 14.4 Å². The van der Waals surface area contributed by atoms with Crippen molar-refractivity contribution in [2.45, 2.75) is 0 Å². The molecule has 1 heterocycles. The predicted molar refractivity (Wildman–Crippen MR) is 83.9 cm³/mol. The first kappa shape index (κ1) is 16.2. The average molecular weight is 354 g/mol. The third-order valence-corrected chi connectivity index (χ3v) is 3.87. The van der Waals surface area contributed by atoms with Crippen LogP contribution in [-0.4, -0.2) is 27.2 Å². The first-order valence-electron chi connectivity index (χ1n) is 6.77. The molecule has 0 saturated carbocycles. The van der Waals surface area contributed by atoms with Gasteiger partial charge in [0.25, 0.3) is 5.91 Å². The van der Waals surface area contributed by atoms with E-state index in [1.807, 2.05) is 0 Å². The van der Waals surface area contributed by atoms with Crippen LogP contribution in [0.1, 0.15) is 0 Å². The number of nitrogens with one attached hydrogen (secondary N) is 1. The van der Waals surface area contributed by atoms with Crippen LogP contribution in [-0.2, 0) is 14.8 Å². The number of amides is 1. The lowest BCUT2D eigenvalue weighted by Crippen LogP contribution is -2.35. The van der Waals surface area contributed by atoms with Gasteiger partial charge in [-0.1, -0.05) is 0 Å². The Labute approximate surface area is 136 Å². The van der Waals surface area contributed by atoms with Gasteiger partial charge in [0.15, 0.2) is 18.2 Å². The van der Waals surface area contributed by atoms with Crippen molar-refractivity contribution in [3.8, 4) is 5.75 Å². The monoisotopic (exact) mass is 354 g/mol. The quantitative estimate of drug-likeness (QED) is 0.918. The lowest BCUT2D eigenvalue weighted by atomic mass is 10.1. The largest absolute Gasteiger partial charge is 0.481 e. The summed E-state index contributed by atoms with van der Waals surface area (Å²) in [5, 5.41) is 0. The van der Waals surface area contributed by atoms with Crippen LogP contribution in [0.5, 0.6) is 5.75 Å². The maximum atomic E-state index is 13.5. The third kappa shape index (κ3) is 3.16. The number of anilines is 3. The molecular weight excluding hydrogens is 342 g/mol. The maximum absolute atomic E-state index is 13.5. The number of ether oxygens (including phenoxy) is 1. The maximum Gasteiger partial charge on any atom is 0.269 e. The van der Waals surface area contributed by atoms with Crippen molar-refractivity contribution >= 4 is 33.0 Å². The van der Waals surface area contributed by atoms with E-state index in [1.165, 1.54) is 29.2 Å². The van der Waals surface area contributed by atoms with Crippen LogP contribution in [0.2, 0.25) is 0 Å². The van der Waals surface area contributed by atoms with Crippen molar-refractivity contribution in [3.63, 3.8) is 0 Å². The van der Waals surface area contributed by atoms with E-state index in [2.05, 4.69) is 4.72 Å². The fourth-order valence-corrected chi connectivity index (χ4v) is 2.89.